The third kappa shape index (κ3) is 5.08. The molecule has 32 heavy (non-hydrogen) atoms. The first-order valence-corrected chi connectivity index (χ1v) is 11.1. The first-order valence-electron chi connectivity index (χ1n) is 11.1. The molecule has 0 bridgehead atoms. The molecule has 4 N–H and O–H groups in total. The van der Waals surface area contributed by atoms with Gasteiger partial charge in [-0.15, -0.1) is 0 Å². The summed E-state index contributed by atoms with van der Waals surface area (Å²) in [7, 11) is 0. The van der Waals surface area contributed by atoms with Crippen molar-refractivity contribution in [3.05, 3.63) is 89.1 Å². The third-order valence-corrected chi connectivity index (χ3v) is 6.08. The molecule has 3 atom stereocenters. The van der Waals surface area contributed by atoms with Gasteiger partial charge in [0.15, 0.2) is 0 Å². The number of nitrogens with zero attached hydrogens (tertiary/aromatic N) is 1. The maximum Gasteiger partial charge on any atom is 0.307 e. The zero-order valence-electron chi connectivity index (χ0n) is 18.5. The maximum atomic E-state index is 11.1. The summed E-state index contributed by atoms with van der Waals surface area (Å²) >= 11 is 0. The summed E-state index contributed by atoms with van der Waals surface area (Å²) in [6, 6.07) is 20.6. The molecule has 0 amide bonds. The van der Waals surface area contributed by atoms with Crippen molar-refractivity contribution in [1.29, 1.82) is 0 Å². The Kier molecular flexibility index (Phi) is 6.71. The number of benzene rings is 2. The summed E-state index contributed by atoms with van der Waals surface area (Å²) in [5.41, 5.74) is 5.44. The van der Waals surface area contributed by atoms with Crippen molar-refractivity contribution in [3.8, 4) is 0 Å². The van der Waals surface area contributed by atoms with Crippen LogP contribution in [0.15, 0.2) is 66.9 Å². The fraction of sp³-hybridized carbons (Fsp3) is 0.308. The maximum absolute atomic E-state index is 11.1. The summed E-state index contributed by atoms with van der Waals surface area (Å²) < 4.78 is 0. The van der Waals surface area contributed by atoms with Gasteiger partial charge in [-0.05, 0) is 47.2 Å². The molecule has 0 unspecified atom stereocenters. The Morgan fingerprint density at radius 3 is 2.78 bits per heavy atom. The highest BCUT2D eigenvalue weighted by Crippen LogP contribution is 2.29. The van der Waals surface area contributed by atoms with Gasteiger partial charge in [-0.2, -0.15) is 0 Å². The molecule has 1 aliphatic heterocycles. The monoisotopic (exact) mass is 430 g/mol. The Balaban J connectivity index is 1.52. The van der Waals surface area contributed by atoms with Gasteiger partial charge in [0.2, 0.25) is 0 Å². The zero-order valence-corrected chi connectivity index (χ0v) is 18.5. The highest BCUT2D eigenvalue weighted by atomic mass is 16.4. The number of hydrogen-bond acceptors (Lipinski definition) is 5. The Labute approximate surface area is 189 Å². The number of aliphatic carboxylic acids is 1. The van der Waals surface area contributed by atoms with E-state index in [1.54, 1.807) is 6.20 Å². The van der Waals surface area contributed by atoms with Crippen molar-refractivity contribution in [2.75, 3.05) is 23.7 Å². The molecule has 0 saturated carbocycles. The van der Waals surface area contributed by atoms with Gasteiger partial charge < -0.3 is 21.1 Å². The molecule has 0 radical (unpaired) electrons. The zero-order chi connectivity index (χ0) is 22.5. The normalized spacial score (nSPS) is 16.9. The summed E-state index contributed by atoms with van der Waals surface area (Å²) in [6.07, 6.45) is 1.85. The number of aromatic nitrogens is 1. The number of fused-ring (bicyclic) bond motifs is 1. The predicted octanol–water partition coefficient (Wildman–Crippen LogP) is 4.36. The van der Waals surface area contributed by atoms with Crippen LogP contribution in [0.3, 0.4) is 0 Å². The average Bonchev–Trinajstić information content (AvgIpc) is 2.80. The SMILES string of the molecule is Cc1ccc(CC(=O)O)cc1[C@@H](C)CN[C@H](c1ccccc1)[C@H]1CNc2cccnc2N1. The number of carbonyl (C=O) groups is 1. The van der Waals surface area contributed by atoms with Crippen LogP contribution in [-0.2, 0) is 11.2 Å². The number of carboxylic acid groups (broad SMARTS) is 1. The van der Waals surface area contributed by atoms with Crippen LogP contribution in [0.2, 0.25) is 0 Å². The Morgan fingerprint density at radius 1 is 1.19 bits per heavy atom. The van der Waals surface area contributed by atoms with Gasteiger partial charge >= 0.3 is 5.97 Å². The molecule has 1 aromatic heterocycles. The number of aryl methyl sites for hydroxylation is 1. The molecule has 6 nitrogen and oxygen atoms in total. The Hall–Kier alpha value is -3.38. The van der Waals surface area contributed by atoms with E-state index < -0.39 is 5.97 Å². The molecule has 0 saturated heterocycles. The molecule has 3 aromatic rings. The van der Waals surface area contributed by atoms with E-state index in [4.69, 9.17) is 5.11 Å². The molecule has 0 aliphatic carbocycles. The van der Waals surface area contributed by atoms with E-state index in [2.05, 4.69) is 59.0 Å². The van der Waals surface area contributed by atoms with E-state index in [1.807, 2.05) is 36.4 Å². The largest absolute Gasteiger partial charge is 0.481 e. The van der Waals surface area contributed by atoms with Crippen molar-refractivity contribution in [2.45, 2.75) is 38.3 Å². The predicted molar refractivity (Wildman–Crippen MR) is 128 cm³/mol. The molecule has 0 fully saturated rings. The van der Waals surface area contributed by atoms with Crippen molar-refractivity contribution >= 4 is 17.5 Å². The smallest absolute Gasteiger partial charge is 0.307 e. The van der Waals surface area contributed by atoms with Crippen LogP contribution in [0.1, 0.15) is 41.1 Å². The van der Waals surface area contributed by atoms with Crippen molar-refractivity contribution < 1.29 is 9.90 Å². The van der Waals surface area contributed by atoms with Crippen LogP contribution in [0, 0.1) is 6.92 Å². The van der Waals surface area contributed by atoms with E-state index in [1.165, 1.54) is 16.7 Å². The molecule has 2 heterocycles. The molecular formula is C26H30N4O2. The number of nitrogens with one attached hydrogen (secondary N) is 3. The number of anilines is 2. The molecule has 1 aliphatic rings. The van der Waals surface area contributed by atoms with E-state index in [0.717, 1.165) is 30.2 Å². The van der Waals surface area contributed by atoms with Crippen LogP contribution >= 0.6 is 0 Å². The van der Waals surface area contributed by atoms with Gasteiger partial charge in [-0.1, -0.05) is 55.5 Å². The second-order valence-corrected chi connectivity index (χ2v) is 8.49. The molecule has 0 spiro atoms. The van der Waals surface area contributed by atoms with Crippen molar-refractivity contribution in [1.82, 2.24) is 10.3 Å². The van der Waals surface area contributed by atoms with E-state index in [-0.39, 0.29) is 24.4 Å². The van der Waals surface area contributed by atoms with Crippen LogP contribution in [-0.4, -0.2) is 35.2 Å². The minimum atomic E-state index is -0.806. The topological polar surface area (TPSA) is 86.3 Å². The van der Waals surface area contributed by atoms with Gasteiger partial charge in [0.05, 0.1) is 24.2 Å². The van der Waals surface area contributed by atoms with Gasteiger partial charge in [0, 0.05) is 19.3 Å². The number of hydrogen-bond donors (Lipinski definition) is 4. The molecule has 2 aromatic carbocycles. The summed E-state index contributed by atoms with van der Waals surface area (Å²) in [5.74, 6) is 0.299. The second-order valence-electron chi connectivity index (χ2n) is 8.49. The van der Waals surface area contributed by atoms with Crippen molar-refractivity contribution in [2.24, 2.45) is 0 Å². The van der Waals surface area contributed by atoms with Crippen LogP contribution < -0.4 is 16.0 Å². The lowest BCUT2D eigenvalue weighted by atomic mass is 9.92. The number of carboxylic acids is 1. The number of rotatable bonds is 8. The van der Waals surface area contributed by atoms with Gasteiger partial charge in [0.25, 0.3) is 0 Å². The summed E-state index contributed by atoms with van der Waals surface area (Å²) in [4.78, 5) is 15.6. The first-order chi connectivity index (χ1) is 15.5. The third-order valence-electron chi connectivity index (χ3n) is 6.08. The van der Waals surface area contributed by atoms with Gasteiger partial charge in [-0.25, -0.2) is 4.98 Å². The highest BCUT2D eigenvalue weighted by Gasteiger charge is 2.27. The summed E-state index contributed by atoms with van der Waals surface area (Å²) in [6.45, 7) is 5.82. The van der Waals surface area contributed by atoms with Gasteiger partial charge in [0.1, 0.15) is 5.82 Å². The minimum absolute atomic E-state index is 0.0458. The first kappa shape index (κ1) is 21.8. The van der Waals surface area contributed by atoms with Crippen molar-refractivity contribution in [3.63, 3.8) is 0 Å². The lowest BCUT2D eigenvalue weighted by molar-refractivity contribution is -0.136. The van der Waals surface area contributed by atoms with Crippen LogP contribution in [0.5, 0.6) is 0 Å². The Bertz CT molecular complexity index is 1070. The highest BCUT2D eigenvalue weighted by molar-refractivity contribution is 5.70. The molecule has 6 heteroatoms. The average molecular weight is 431 g/mol. The minimum Gasteiger partial charge on any atom is -0.481 e. The lowest BCUT2D eigenvalue weighted by Gasteiger charge is -2.35. The molecule has 4 rings (SSSR count). The van der Waals surface area contributed by atoms with Gasteiger partial charge in [-0.3, -0.25) is 4.79 Å². The van der Waals surface area contributed by atoms with Crippen LogP contribution in [0.25, 0.3) is 0 Å². The fourth-order valence-corrected chi connectivity index (χ4v) is 4.38. The summed E-state index contributed by atoms with van der Waals surface area (Å²) in [5, 5.41) is 20.0. The van der Waals surface area contributed by atoms with E-state index in [0.29, 0.717) is 0 Å². The quantitative estimate of drug-likeness (QED) is 0.425. The van der Waals surface area contributed by atoms with Crippen LogP contribution in [0.4, 0.5) is 11.5 Å². The van der Waals surface area contributed by atoms with E-state index >= 15 is 0 Å². The molecule has 166 valence electrons. The standard InChI is InChI=1S/C26H30N4O2/c1-17-10-11-19(14-24(31)32)13-21(17)18(2)15-29-25(20-7-4-3-5-8-20)23-16-28-22-9-6-12-27-26(22)30-23/h3-13,18,23,25,28-29H,14-16H2,1-2H3,(H,27,30)(H,31,32)/t18-,23+,25+/m0/s1. The van der Waals surface area contributed by atoms with E-state index in [9.17, 15) is 4.79 Å². The molecular weight excluding hydrogens is 400 g/mol. The Morgan fingerprint density at radius 2 is 2.00 bits per heavy atom. The number of pyridine rings is 1. The fourth-order valence-electron chi connectivity index (χ4n) is 4.38. The second kappa shape index (κ2) is 9.83. The lowest BCUT2D eigenvalue weighted by Crippen LogP contribution is -2.45.